The number of anilines is 1. The first kappa shape index (κ1) is 19.4. The second kappa shape index (κ2) is 7.29. The topological polar surface area (TPSA) is 76.7 Å². The third kappa shape index (κ3) is 3.34. The van der Waals surface area contributed by atoms with E-state index in [2.05, 4.69) is 22.8 Å². The molecule has 0 radical (unpaired) electrons. The van der Waals surface area contributed by atoms with Crippen LogP contribution in [-0.2, 0) is 36.8 Å². The van der Waals surface area contributed by atoms with E-state index in [4.69, 9.17) is 21.1 Å². The Bertz CT molecular complexity index is 986. The van der Waals surface area contributed by atoms with Crippen LogP contribution in [0.4, 0.5) is 5.69 Å². The van der Waals surface area contributed by atoms with Gasteiger partial charge in [0.1, 0.15) is 0 Å². The molecular weight excluding hydrogens is 404 g/mol. The molecule has 5 rings (SSSR count). The molecule has 6 nitrogen and oxygen atoms in total. The second-order valence-electron chi connectivity index (χ2n) is 8.15. The molecule has 2 aromatic rings. The van der Waals surface area contributed by atoms with Crippen molar-refractivity contribution in [2.24, 2.45) is 0 Å². The van der Waals surface area contributed by atoms with Gasteiger partial charge in [0.25, 0.3) is 5.79 Å². The number of ether oxygens (including phenoxy) is 2. The maximum atomic E-state index is 12.3. The van der Waals surface area contributed by atoms with Gasteiger partial charge in [-0.25, -0.2) is 0 Å². The third-order valence-electron chi connectivity index (χ3n) is 6.11. The largest absolute Gasteiger partial charge is 0.416 e. The number of esters is 2. The average molecular weight is 427 g/mol. The number of hydrogen-bond donors (Lipinski definition) is 2. The molecule has 2 N–H and O–H groups in total. The first-order chi connectivity index (χ1) is 14.5. The number of fused-ring (bicyclic) bond motifs is 2. The van der Waals surface area contributed by atoms with Gasteiger partial charge in [-0.15, -0.1) is 0 Å². The molecule has 1 spiro atoms. The summed E-state index contributed by atoms with van der Waals surface area (Å²) in [5, 5.41) is 7.54. The molecular formula is C23H23ClN2O4. The highest BCUT2D eigenvalue weighted by molar-refractivity contribution is 6.33. The van der Waals surface area contributed by atoms with Gasteiger partial charge in [-0.05, 0) is 49.1 Å². The monoisotopic (exact) mass is 426 g/mol. The van der Waals surface area contributed by atoms with Gasteiger partial charge in [0.05, 0.1) is 35.6 Å². The lowest BCUT2D eigenvalue weighted by atomic mass is 9.95. The fourth-order valence-corrected chi connectivity index (χ4v) is 4.64. The lowest BCUT2D eigenvalue weighted by Gasteiger charge is -2.33. The zero-order chi connectivity index (χ0) is 20.8. The van der Waals surface area contributed by atoms with Gasteiger partial charge in [0, 0.05) is 5.56 Å². The lowest BCUT2D eigenvalue weighted by Crippen LogP contribution is -2.43. The summed E-state index contributed by atoms with van der Waals surface area (Å²) in [6.45, 7) is 0.861. The number of rotatable bonds is 3. The van der Waals surface area contributed by atoms with E-state index in [9.17, 15) is 9.59 Å². The molecule has 0 amide bonds. The van der Waals surface area contributed by atoms with Gasteiger partial charge in [-0.2, -0.15) is 0 Å². The molecule has 0 bridgehead atoms. The van der Waals surface area contributed by atoms with Crippen molar-refractivity contribution >= 4 is 29.2 Å². The maximum Gasteiger partial charge on any atom is 0.309 e. The van der Waals surface area contributed by atoms with Crippen LogP contribution >= 0.6 is 11.6 Å². The molecule has 2 fully saturated rings. The predicted octanol–water partition coefficient (Wildman–Crippen LogP) is 3.62. The van der Waals surface area contributed by atoms with E-state index in [-0.39, 0.29) is 24.9 Å². The minimum Gasteiger partial charge on any atom is -0.416 e. The van der Waals surface area contributed by atoms with E-state index in [1.165, 1.54) is 5.56 Å². The number of halogens is 1. The van der Waals surface area contributed by atoms with Crippen LogP contribution in [0, 0.1) is 0 Å². The molecule has 7 heteroatoms. The minimum atomic E-state index is -1.47. The van der Waals surface area contributed by atoms with Gasteiger partial charge in [-0.1, -0.05) is 41.9 Å². The van der Waals surface area contributed by atoms with Crippen LogP contribution in [0.25, 0.3) is 0 Å². The van der Waals surface area contributed by atoms with Crippen molar-refractivity contribution in [2.45, 2.75) is 43.4 Å². The van der Waals surface area contributed by atoms with E-state index >= 15 is 0 Å². The van der Waals surface area contributed by atoms with Gasteiger partial charge in [-0.3, -0.25) is 9.59 Å². The molecule has 2 aliphatic heterocycles. The zero-order valence-electron chi connectivity index (χ0n) is 16.5. The molecule has 156 valence electrons. The smallest absolute Gasteiger partial charge is 0.309 e. The Hall–Kier alpha value is -2.57. The quantitative estimate of drug-likeness (QED) is 0.730. The van der Waals surface area contributed by atoms with Gasteiger partial charge in [0.15, 0.2) is 0 Å². The van der Waals surface area contributed by atoms with E-state index < -0.39 is 17.7 Å². The number of carbonyl (C=O) groups is 2. The van der Waals surface area contributed by atoms with E-state index in [0.717, 1.165) is 24.1 Å². The minimum absolute atomic E-state index is 0.0196. The molecule has 1 aliphatic carbocycles. The van der Waals surface area contributed by atoms with Crippen LogP contribution in [0.15, 0.2) is 42.5 Å². The normalized spacial score (nSPS) is 21.6. The van der Waals surface area contributed by atoms with Crippen LogP contribution < -0.4 is 10.6 Å². The molecule has 2 heterocycles. The van der Waals surface area contributed by atoms with E-state index in [0.29, 0.717) is 23.6 Å². The van der Waals surface area contributed by atoms with E-state index in [1.807, 2.05) is 24.3 Å². The van der Waals surface area contributed by atoms with Crippen LogP contribution in [-0.4, -0.2) is 25.0 Å². The van der Waals surface area contributed by atoms with Gasteiger partial charge < -0.3 is 20.1 Å². The molecule has 0 atom stereocenters. The average Bonchev–Trinajstić information content (AvgIpc) is 3.55. The number of nitrogens with one attached hydrogen (secondary N) is 2. The van der Waals surface area contributed by atoms with Crippen molar-refractivity contribution in [2.75, 3.05) is 18.4 Å². The Morgan fingerprint density at radius 3 is 2.30 bits per heavy atom. The highest BCUT2D eigenvalue weighted by Gasteiger charge is 2.48. The number of hydrogen-bond acceptors (Lipinski definition) is 6. The van der Waals surface area contributed by atoms with Crippen LogP contribution in [0.1, 0.15) is 42.4 Å². The van der Waals surface area contributed by atoms with Crippen LogP contribution in [0.5, 0.6) is 0 Å². The first-order valence-electron chi connectivity index (χ1n) is 10.3. The molecule has 2 aromatic carbocycles. The van der Waals surface area contributed by atoms with Crippen molar-refractivity contribution in [3.8, 4) is 0 Å². The molecule has 30 heavy (non-hydrogen) atoms. The fraction of sp³-hybridized carbons (Fsp3) is 0.391. The third-order valence-corrected chi connectivity index (χ3v) is 6.43. The standard InChI is InChI=1S/C23H23ClN2O4/c24-18-7-6-17-16(21(18)26-22(11-12-22)15-4-2-1-3-5-15)10-13-25-14-23(17)29-19(27)8-9-20(28)30-23/h1-7,25-26H,8-14H2. The molecule has 0 aromatic heterocycles. The molecule has 1 saturated heterocycles. The summed E-state index contributed by atoms with van der Waals surface area (Å²) in [6, 6.07) is 13.9. The SMILES string of the molecule is O=C1CCC(=O)OC2(CNCCc3c2ccc(Cl)c3NC2(c3ccccc3)CC2)O1. The molecule has 3 aliphatic rings. The molecule has 1 saturated carbocycles. The van der Waals surface area contributed by atoms with Crippen molar-refractivity contribution < 1.29 is 19.1 Å². The fourth-order valence-electron chi connectivity index (χ4n) is 4.42. The van der Waals surface area contributed by atoms with Crippen LogP contribution in [0.2, 0.25) is 5.02 Å². The maximum absolute atomic E-state index is 12.3. The Balaban J connectivity index is 1.60. The van der Waals surface area contributed by atoms with Crippen molar-refractivity contribution in [3.05, 3.63) is 64.2 Å². The number of benzene rings is 2. The molecule has 0 unspecified atom stereocenters. The Morgan fingerprint density at radius 2 is 1.63 bits per heavy atom. The zero-order valence-corrected chi connectivity index (χ0v) is 17.3. The first-order valence-corrected chi connectivity index (χ1v) is 10.7. The lowest BCUT2D eigenvalue weighted by molar-refractivity contribution is -0.225. The van der Waals surface area contributed by atoms with Gasteiger partial charge in [0.2, 0.25) is 0 Å². The summed E-state index contributed by atoms with van der Waals surface area (Å²) in [4.78, 5) is 24.6. The summed E-state index contributed by atoms with van der Waals surface area (Å²) >= 11 is 6.65. The van der Waals surface area contributed by atoms with Crippen molar-refractivity contribution in [3.63, 3.8) is 0 Å². The van der Waals surface area contributed by atoms with Crippen molar-refractivity contribution in [1.29, 1.82) is 0 Å². The summed E-state index contributed by atoms with van der Waals surface area (Å²) in [6.07, 6.45) is 2.71. The Morgan fingerprint density at radius 1 is 0.933 bits per heavy atom. The highest BCUT2D eigenvalue weighted by atomic mass is 35.5. The number of carbonyl (C=O) groups excluding carboxylic acids is 2. The van der Waals surface area contributed by atoms with Gasteiger partial charge >= 0.3 is 11.9 Å². The summed E-state index contributed by atoms with van der Waals surface area (Å²) < 4.78 is 11.5. The van der Waals surface area contributed by atoms with Crippen LogP contribution in [0.3, 0.4) is 0 Å². The summed E-state index contributed by atoms with van der Waals surface area (Å²) in [5.74, 6) is -2.35. The summed E-state index contributed by atoms with van der Waals surface area (Å²) in [5.41, 5.74) is 3.45. The Labute approximate surface area is 179 Å². The summed E-state index contributed by atoms with van der Waals surface area (Å²) in [7, 11) is 0. The van der Waals surface area contributed by atoms with E-state index in [1.54, 1.807) is 6.07 Å². The highest BCUT2D eigenvalue weighted by Crippen LogP contribution is 2.51. The Kier molecular flexibility index (Phi) is 4.71. The van der Waals surface area contributed by atoms with Crippen molar-refractivity contribution in [1.82, 2.24) is 5.32 Å². The predicted molar refractivity (Wildman–Crippen MR) is 112 cm³/mol. The second-order valence-corrected chi connectivity index (χ2v) is 8.56.